The summed E-state index contributed by atoms with van der Waals surface area (Å²) in [5.41, 5.74) is -1.46. The second-order valence-electron chi connectivity index (χ2n) is 16.4. The van der Waals surface area contributed by atoms with E-state index < -0.39 is 52.6 Å². The molecular formula is C38H46F5N5O5. The molecule has 6 fully saturated rings. The summed E-state index contributed by atoms with van der Waals surface area (Å²) < 4.78 is 81.0. The van der Waals surface area contributed by atoms with Crippen LogP contribution in [0.1, 0.15) is 92.7 Å². The van der Waals surface area contributed by atoms with Crippen LogP contribution >= 0.6 is 0 Å². The maximum absolute atomic E-state index is 15.4. The number of aromatic nitrogens is 2. The first-order valence-corrected chi connectivity index (χ1v) is 18.9. The zero-order chi connectivity index (χ0) is 37.3. The summed E-state index contributed by atoms with van der Waals surface area (Å²) >= 11 is 0. The molecule has 4 saturated carbocycles. The van der Waals surface area contributed by atoms with E-state index in [1.165, 1.54) is 0 Å². The number of anilines is 2. The van der Waals surface area contributed by atoms with Crippen LogP contribution in [0.4, 0.5) is 33.6 Å². The first-order valence-electron chi connectivity index (χ1n) is 18.9. The molecule has 15 heteroatoms. The Bertz CT molecular complexity index is 1710. The van der Waals surface area contributed by atoms with E-state index in [1.54, 1.807) is 15.9 Å². The Morgan fingerprint density at radius 1 is 1.02 bits per heavy atom. The van der Waals surface area contributed by atoms with Crippen molar-refractivity contribution in [2.24, 2.45) is 23.7 Å². The summed E-state index contributed by atoms with van der Waals surface area (Å²) in [6.07, 6.45) is 2.31. The van der Waals surface area contributed by atoms with Gasteiger partial charge in [-0.05, 0) is 105 Å². The second-order valence-corrected chi connectivity index (χ2v) is 16.4. The third-order valence-corrected chi connectivity index (χ3v) is 13.1. The highest BCUT2D eigenvalue weighted by atomic mass is 19.4. The number of aliphatic carboxylic acids is 1. The fraction of sp³-hybridized carbons (Fsp3) is 0.684. The minimum atomic E-state index is -4.19. The minimum absolute atomic E-state index is 0.00478. The van der Waals surface area contributed by atoms with Gasteiger partial charge in [-0.2, -0.15) is 22.0 Å². The summed E-state index contributed by atoms with van der Waals surface area (Å²) in [6.45, 7) is 3.06. The number of hydrogen-bond donors (Lipinski definition) is 2. The normalized spacial score (nSPS) is 29.7. The molecule has 9 rings (SSSR count). The third kappa shape index (κ3) is 6.74. The third-order valence-electron chi connectivity index (χ3n) is 13.1. The lowest BCUT2D eigenvalue weighted by Crippen LogP contribution is -2.70. The topological polar surface area (TPSA) is 117 Å². The summed E-state index contributed by atoms with van der Waals surface area (Å²) in [5, 5.41) is 13.3. The van der Waals surface area contributed by atoms with Crippen LogP contribution in [0.5, 0.6) is 5.75 Å². The molecule has 2 aromatic rings. The number of nitrogens with zero attached hydrogens (tertiary/aromatic N) is 4. The highest BCUT2D eigenvalue weighted by Gasteiger charge is 2.62. The quantitative estimate of drug-likeness (QED) is 0.274. The molecule has 53 heavy (non-hydrogen) atoms. The number of piperidine rings is 1. The highest BCUT2D eigenvalue weighted by molar-refractivity contribution is 5.99. The summed E-state index contributed by atoms with van der Waals surface area (Å²) in [4.78, 5) is 39.2. The van der Waals surface area contributed by atoms with E-state index in [1.807, 2.05) is 12.1 Å². The molecular weight excluding hydrogens is 701 g/mol. The van der Waals surface area contributed by atoms with Crippen LogP contribution in [0.2, 0.25) is 0 Å². The molecule has 1 amide bonds. The summed E-state index contributed by atoms with van der Waals surface area (Å²) in [7, 11) is 0. The summed E-state index contributed by atoms with van der Waals surface area (Å²) in [5.74, 6) is -4.58. The Hall–Kier alpha value is -3.59. The average Bonchev–Trinajstić information content (AvgIpc) is 3.40. The number of halogens is 5. The van der Waals surface area contributed by atoms with Gasteiger partial charge in [-0.3, -0.25) is 4.79 Å². The van der Waals surface area contributed by atoms with Gasteiger partial charge in [0.15, 0.2) is 0 Å². The number of benzene rings is 1. The Balaban J connectivity index is 1.05. The number of ether oxygens (including phenoxy) is 2. The first-order chi connectivity index (χ1) is 25.1. The van der Waals surface area contributed by atoms with E-state index in [4.69, 9.17) is 9.47 Å². The fourth-order valence-electron chi connectivity index (χ4n) is 10.6. The lowest BCUT2D eigenvalue weighted by atomic mass is 9.48. The molecule has 4 bridgehead atoms. The molecule has 0 unspecified atom stereocenters. The van der Waals surface area contributed by atoms with Gasteiger partial charge < -0.3 is 29.7 Å². The molecule has 1 aromatic heterocycles. The smallest absolute Gasteiger partial charge is 0.390 e. The Morgan fingerprint density at radius 2 is 1.68 bits per heavy atom. The molecule has 0 radical (unpaired) electrons. The van der Waals surface area contributed by atoms with Gasteiger partial charge in [0.25, 0.3) is 11.8 Å². The molecule has 4 aliphatic carbocycles. The second kappa shape index (κ2) is 13.3. The van der Waals surface area contributed by atoms with E-state index in [0.29, 0.717) is 109 Å². The van der Waals surface area contributed by atoms with Gasteiger partial charge in [0.2, 0.25) is 5.95 Å². The van der Waals surface area contributed by atoms with Crippen molar-refractivity contribution in [3.8, 4) is 5.75 Å². The van der Waals surface area contributed by atoms with Gasteiger partial charge in [-0.25, -0.2) is 14.8 Å². The number of likely N-dealkylation sites (tertiary alicyclic amines) is 1. The van der Waals surface area contributed by atoms with Crippen LogP contribution in [0, 0.1) is 23.7 Å². The van der Waals surface area contributed by atoms with Crippen molar-refractivity contribution in [1.29, 1.82) is 0 Å². The van der Waals surface area contributed by atoms with Gasteiger partial charge in [0.1, 0.15) is 23.1 Å². The Labute approximate surface area is 304 Å². The SMILES string of the molecule is CC(F)(F)c1nc(N2CC3(CCOCC3)c3cc(OC4CCN(CCC(F)(F)F)CC4)ccc32)ncc1C(=O)NC1(C(=O)O)C2CC3CC(C2)CC1C3. The maximum Gasteiger partial charge on any atom is 0.390 e. The van der Waals surface area contributed by atoms with E-state index in [0.717, 1.165) is 23.9 Å². The molecule has 3 aliphatic heterocycles. The van der Waals surface area contributed by atoms with Gasteiger partial charge in [0.05, 0.1) is 12.0 Å². The zero-order valence-corrected chi connectivity index (χ0v) is 29.8. The largest absolute Gasteiger partial charge is 0.490 e. The average molecular weight is 748 g/mol. The van der Waals surface area contributed by atoms with Gasteiger partial charge in [0, 0.05) is 63.6 Å². The Morgan fingerprint density at radius 3 is 2.28 bits per heavy atom. The summed E-state index contributed by atoms with van der Waals surface area (Å²) in [6, 6.07) is 5.61. The number of carboxylic acid groups (broad SMARTS) is 1. The number of rotatable bonds is 9. The van der Waals surface area contributed by atoms with Crippen molar-refractivity contribution in [3.63, 3.8) is 0 Å². The van der Waals surface area contributed by atoms with Crippen LogP contribution in [-0.4, -0.2) is 89.1 Å². The minimum Gasteiger partial charge on any atom is -0.490 e. The van der Waals surface area contributed by atoms with Crippen molar-refractivity contribution >= 4 is 23.5 Å². The van der Waals surface area contributed by atoms with E-state index >= 15 is 8.78 Å². The van der Waals surface area contributed by atoms with Crippen LogP contribution in [0.15, 0.2) is 24.4 Å². The molecule has 10 nitrogen and oxygen atoms in total. The molecule has 288 valence electrons. The lowest BCUT2D eigenvalue weighted by Gasteiger charge is -2.59. The van der Waals surface area contributed by atoms with Crippen LogP contribution in [0.25, 0.3) is 0 Å². The number of alkyl halides is 5. The number of carboxylic acids is 1. The van der Waals surface area contributed by atoms with Gasteiger partial charge in [-0.1, -0.05) is 0 Å². The number of amides is 1. The van der Waals surface area contributed by atoms with Crippen molar-refractivity contribution in [1.82, 2.24) is 20.2 Å². The number of carbonyl (C=O) groups excluding carboxylic acids is 1. The Kier molecular flexibility index (Phi) is 9.14. The molecule has 1 spiro atoms. The number of hydrogen-bond acceptors (Lipinski definition) is 8. The molecule has 7 aliphatic rings. The van der Waals surface area contributed by atoms with Crippen LogP contribution in [0.3, 0.4) is 0 Å². The standard InChI is InChI=1S/C38H46F5N5O5/c1-35(39,40)31-28(32(49)46-38(33(50)51)24-15-22-14-23(17-24)18-25(38)16-22)20-44-34(45-31)48-21-36(7-12-52-13-8-36)29-19-27(2-3-30(29)48)53-26-4-9-47(10-5-26)11-6-37(41,42)43/h2-3,19-20,22-26H,4-18,21H2,1H3,(H,46,49)(H,50,51). The van der Waals surface area contributed by atoms with Crippen molar-refractivity contribution in [2.45, 2.75) is 100 Å². The number of carbonyl (C=O) groups is 2. The predicted molar refractivity (Wildman–Crippen MR) is 182 cm³/mol. The lowest BCUT2D eigenvalue weighted by molar-refractivity contribution is -0.163. The fourth-order valence-corrected chi connectivity index (χ4v) is 10.6. The molecule has 2 saturated heterocycles. The van der Waals surface area contributed by atoms with Crippen LogP contribution in [-0.2, 0) is 20.9 Å². The monoisotopic (exact) mass is 747 g/mol. The predicted octanol–water partition coefficient (Wildman–Crippen LogP) is 6.59. The zero-order valence-electron chi connectivity index (χ0n) is 29.8. The maximum atomic E-state index is 15.4. The number of fused-ring (bicyclic) bond motifs is 2. The van der Waals surface area contributed by atoms with Crippen molar-refractivity contribution in [2.75, 3.05) is 44.3 Å². The molecule has 4 heterocycles. The van der Waals surface area contributed by atoms with Crippen molar-refractivity contribution in [3.05, 3.63) is 41.2 Å². The van der Waals surface area contributed by atoms with E-state index in [9.17, 15) is 27.9 Å². The van der Waals surface area contributed by atoms with E-state index in [-0.39, 0.29) is 30.4 Å². The van der Waals surface area contributed by atoms with Gasteiger partial charge >= 0.3 is 12.1 Å². The number of nitrogens with one attached hydrogen (secondary N) is 1. The molecule has 2 N–H and O–H groups in total. The highest BCUT2D eigenvalue weighted by Crippen LogP contribution is 2.58. The van der Waals surface area contributed by atoms with Gasteiger partial charge in [-0.15, -0.1) is 0 Å². The van der Waals surface area contributed by atoms with E-state index in [2.05, 4.69) is 15.3 Å². The molecule has 0 atom stereocenters. The van der Waals surface area contributed by atoms with Crippen molar-refractivity contribution < 1.29 is 46.1 Å². The van der Waals surface area contributed by atoms with Crippen LogP contribution < -0.4 is 15.0 Å². The first kappa shape index (κ1) is 36.4. The molecule has 1 aromatic carbocycles.